The summed E-state index contributed by atoms with van der Waals surface area (Å²) in [5.74, 6) is -0.780. The summed E-state index contributed by atoms with van der Waals surface area (Å²) in [5.41, 5.74) is 1.04. The SMILES string of the molecule is CC(C)(C)C[C@H]1CO[C@](C)(c2ccc(Cl)cc2Cl)O1. The Balaban J connectivity index is 2.17. The highest BCUT2D eigenvalue weighted by molar-refractivity contribution is 6.35. The van der Waals surface area contributed by atoms with Gasteiger partial charge in [0.25, 0.3) is 0 Å². The quantitative estimate of drug-likeness (QED) is 0.764. The third-order valence-corrected chi connectivity index (χ3v) is 3.74. The van der Waals surface area contributed by atoms with Gasteiger partial charge in [-0.1, -0.05) is 50.0 Å². The zero-order valence-corrected chi connectivity index (χ0v) is 13.3. The lowest BCUT2D eigenvalue weighted by atomic mass is 9.89. The maximum atomic E-state index is 6.24. The zero-order chi connectivity index (χ0) is 14.3. The fourth-order valence-electron chi connectivity index (χ4n) is 2.42. The monoisotopic (exact) mass is 302 g/mol. The molecule has 0 unspecified atom stereocenters. The number of benzene rings is 1. The van der Waals surface area contributed by atoms with Crippen LogP contribution in [0, 0.1) is 5.41 Å². The van der Waals surface area contributed by atoms with E-state index in [-0.39, 0.29) is 11.5 Å². The molecule has 1 heterocycles. The van der Waals surface area contributed by atoms with E-state index in [1.54, 1.807) is 12.1 Å². The van der Waals surface area contributed by atoms with Crippen molar-refractivity contribution in [2.24, 2.45) is 5.41 Å². The van der Waals surface area contributed by atoms with E-state index in [4.69, 9.17) is 32.7 Å². The van der Waals surface area contributed by atoms with Gasteiger partial charge in [0.1, 0.15) is 0 Å². The molecular formula is C15H20Cl2O2. The summed E-state index contributed by atoms with van der Waals surface area (Å²) in [5, 5.41) is 1.19. The van der Waals surface area contributed by atoms with E-state index in [9.17, 15) is 0 Å². The van der Waals surface area contributed by atoms with Crippen LogP contribution in [-0.2, 0) is 15.3 Å². The van der Waals surface area contributed by atoms with E-state index in [1.165, 1.54) is 0 Å². The molecule has 2 rings (SSSR count). The molecule has 1 aromatic carbocycles. The van der Waals surface area contributed by atoms with Crippen LogP contribution in [0.25, 0.3) is 0 Å². The maximum absolute atomic E-state index is 6.24. The largest absolute Gasteiger partial charge is 0.343 e. The molecule has 0 aromatic heterocycles. The third kappa shape index (κ3) is 3.63. The van der Waals surface area contributed by atoms with Crippen LogP contribution in [0.2, 0.25) is 10.0 Å². The molecule has 0 amide bonds. The van der Waals surface area contributed by atoms with Gasteiger partial charge in [0, 0.05) is 10.6 Å². The van der Waals surface area contributed by atoms with Crippen LogP contribution in [0.5, 0.6) is 0 Å². The van der Waals surface area contributed by atoms with Crippen LogP contribution in [0.15, 0.2) is 18.2 Å². The summed E-state index contributed by atoms with van der Waals surface area (Å²) in [6.45, 7) is 9.08. The fourth-order valence-corrected chi connectivity index (χ4v) is 3.00. The normalized spacial score (nSPS) is 27.8. The highest BCUT2D eigenvalue weighted by Gasteiger charge is 2.41. The molecule has 0 radical (unpaired) electrons. The summed E-state index contributed by atoms with van der Waals surface area (Å²) < 4.78 is 11.9. The van der Waals surface area contributed by atoms with Gasteiger partial charge in [-0.2, -0.15) is 0 Å². The second kappa shape index (κ2) is 5.25. The Morgan fingerprint density at radius 2 is 2.00 bits per heavy atom. The summed E-state index contributed by atoms with van der Waals surface area (Å²) in [6.07, 6.45) is 1.05. The van der Waals surface area contributed by atoms with E-state index in [2.05, 4.69) is 20.8 Å². The van der Waals surface area contributed by atoms with Gasteiger partial charge < -0.3 is 9.47 Å². The highest BCUT2D eigenvalue weighted by atomic mass is 35.5. The van der Waals surface area contributed by atoms with Crippen molar-refractivity contribution < 1.29 is 9.47 Å². The van der Waals surface area contributed by atoms with E-state index < -0.39 is 5.79 Å². The molecule has 1 aliphatic rings. The minimum Gasteiger partial charge on any atom is -0.343 e. The Bertz CT molecular complexity index is 468. The predicted octanol–water partition coefficient (Wildman–Crippen LogP) is 5.02. The minimum absolute atomic E-state index is 0.0942. The molecule has 0 bridgehead atoms. The fraction of sp³-hybridized carbons (Fsp3) is 0.600. The first-order chi connectivity index (χ1) is 8.70. The molecule has 1 aliphatic heterocycles. The molecule has 1 fully saturated rings. The first-order valence-corrected chi connectivity index (χ1v) is 7.22. The van der Waals surface area contributed by atoms with Crippen molar-refractivity contribution in [3.8, 4) is 0 Å². The second-order valence-corrected chi connectivity index (χ2v) is 7.23. The van der Waals surface area contributed by atoms with Gasteiger partial charge in [-0.25, -0.2) is 0 Å². The van der Waals surface area contributed by atoms with E-state index in [0.717, 1.165) is 12.0 Å². The van der Waals surface area contributed by atoms with Gasteiger partial charge in [0.15, 0.2) is 5.79 Å². The van der Waals surface area contributed by atoms with E-state index in [1.807, 2.05) is 13.0 Å². The van der Waals surface area contributed by atoms with Crippen molar-refractivity contribution in [3.63, 3.8) is 0 Å². The first-order valence-electron chi connectivity index (χ1n) is 6.47. The standard InChI is InChI=1S/C15H20Cl2O2/c1-14(2,3)8-11-9-18-15(4,19-11)12-6-5-10(16)7-13(12)17/h5-7,11H,8-9H2,1-4H3/t11-,15-/m0/s1. The van der Waals surface area contributed by atoms with Gasteiger partial charge >= 0.3 is 0 Å². The van der Waals surface area contributed by atoms with Gasteiger partial charge in [-0.05, 0) is 30.9 Å². The Morgan fingerprint density at radius 1 is 1.32 bits per heavy atom. The summed E-state index contributed by atoms with van der Waals surface area (Å²) in [7, 11) is 0. The van der Waals surface area contributed by atoms with Crippen LogP contribution >= 0.6 is 23.2 Å². The molecule has 2 atom stereocenters. The average molecular weight is 303 g/mol. The highest BCUT2D eigenvalue weighted by Crippen LogP contribution is 2.40. The maximum Gasteiger partial charge on any atom is 0.193 e. The predicted molar refractivity (Wildman–Crippen MR) is 78.7 cm³/mol. The number of hydrogen-bond donors (Lipinski definition) is 0. The smallest absolute Gasteiger partial charge is 0.193 e. The zero-order valence-electron chi connectivity index (χ0n) is 11.8. The third-order valence-electron chi connectivity index (χ3n) is 3.20. The summed E-state index contributed by atoms with van der Waals surface area (Å²) in [4.78, 5) is 0. The second-order valence-electron chi connectivity index (χ2n) is 6.39. The van der Waals surface area contributed by atoms with Crippen LogP contribution in [0.3, 0.4) is 0 Å². The van der Waals surface area contributed by atoms with Crippen LogP contribution in [0.1, 0.15) is 39.7 Å². The van der Waals surface area contributed by atoms with Crippen molar-refractivity contribution in [2.75, 3.05) is 6.61 Å². The molecule has 0 N–H and O–H groups in total. The molecule has 1 saturated heterocycles. The number of halogens is 2. The summed E-state index contributed by atoms with van der Waals surface area (Å²) in [6, 6.07) is 5.38. The Labute approximate surface area is 125 Å². The average Bonchev–Trinajstić information content (AvgIpc) is 2.57. The number of hydrogen-bond acceptors (Lipinski definition) is 2. The molecular weight excluding hydrogens is 283 g/mol. The van der Waals surface area contributed by atoms with Gasteiger partial charge in [0.05, 0.1) is 17.7 Å². The minimum atomic E-state index is -0.780. The van der Waals surface area contributed by atoms with Crippen molar-refractivity contribution in [2.45, 2.75) is 46.0 Å². The topological polar surface area (TPSA) is 18.5 Å². The Kier molecular flexibility index (Phi) is 4.18. The molecule has 0 spiro atoms. The molecule has 0 saturated carbocycles. The van der Waals surface area contributed by atoms with Crippen molar-refractivity contribution in [3.05, 3.63) is 33.8 Å². The molecule has 1 aromatic rings. The molecule has 2 nitrogen and oxygen atoms in total. The van der Waals surface area contributed by atoms with Gasteiger partial charge in [-0.15, -0.1) is 0 Å². The van der Waals surface area contributed by atoms with Crippen molar-refractivity contribution in [1.82, 2.24) is 0 Å². The number of ether oxygens (including phenoxy) is 2. The molecule has 0 aliphatic carbocycles. The van der Waals surface area contributed by atoms with E-state index in [0.29, 0.717) is 16.7 Å². The van der Waals surface area contributed by atoms with Crippen LogP contribution in [-0.4, -0.2) is 12.7 Å². The van der Waals surface area contributed by atoms with E-state index >= 15 is 0 Å². The van der Waals surface area contributed by atoms with Crippen LogP contribution < -0.4 is 0 Å². The number of rotatable bonds is 2. The lowest BCUT2D eigenvalue weighted by Crippen LogP contribution is -2.26. The lowest BCUT2D eigenvalue weighted by molar-refractivity contribution is -0.164. The molecule has 106 valence electrons. The molecule has 4 heteroatoms. The summed E-state index contributed by atoms with van der Waals surface area (Å²) >= 11 is 12.2. The van der Waals surface area contributed by atoms with Crippen molar-refractivity contribution >= 4 is 23.2 Å². The van der Waals surface area contributed by atoms with Gasteiger partial charge in [-0.3, -0.25) is 0 Å². The van der Waals surface area contributed by atoms with Crippen LogP contribution in [0.4, 0.5) is 0 Å². The Morgan fingerprint density at radius 3 is 2.58 bits per heavy atom. The lowest BCUT2D eigenvalue weighted by Gasteiger charge is -2.27. The van der Waals surface area contributed by atoms with Crippen molar-refractivity contribution in [1.29, 1.82) is 0 Å². The van der Waals surface area contributed by atoms with Gasteiger partial charge in [0.2, 0.25) is 0 Å². The first kappa shape index (κ1) is 15.1. The molecule has 19 heavy (non-hydrogen) atoms. The Hall–Kier alpha value is -0.280.